The highest BCUT2D eigenvalue weighted by atomic mass is 79.9. The van der Waals surface area contributed by atoms with Crippen molar-refractivity contribution in [3.8, 4) is 11.6 Å². The molecule has 0 unspecified atom stereocenters. The van der Waals surface area contributed by atoms with Gasteiger partial charge in [0.15, 0.2) is 0 Å². The Labute approximate surface area is 192 Å². The number of nitrogens with one attached hydrogen (secondary N) is 1. The summed E-state index contributed by atoms with van der Waals surface area (Å²) in [5.41, 5.74) is 2.54. The number of likely N-dealkylation sites (tertiary alicyclic amines) is 1. The van der Waals surface area contributed by atoms with Crippen molar-refractivity contribution in [1.29, 1.82) is 0 Å². The molecule has 1 saturated heterocycles. The highest BCUT2D eigenvalue weighted by molar-refractivity contribution is 9.10. The summed E-state index contributed by atoms with van der Waals surface area (Å²) in [6.45, 7) is 1.29. The van der Waals surface area contributed by atoms with Gasteiger partial charge >= 0.3 is 0 Å². The normalized spacial score (nSPS) is 14.6. The summed E-state index contributed by atoms with van der Waals surface area (Å²) in [6, 6.07) is 11.6. The number of benzene rings is 1. The SMILES string of the molecule is O=C(c1cccnc1Oc1ccc(F)cc1Br)N1CCC(c2c[nH]c3ncccc23)CC1. The summed E-state index contributed by atoms with van der Waals surface area (Å²) in [4.78, 5) is 27.0. The first-order chi connectivity index (χ1) is 15.6. The monoisotopic (exact) mass is 494 g/mol. The van der Waals surface area contributed by atoms with Crippen LogP contribution in [0.25, 0.3) is 11.0 Å². The lowest BCUT2D eigenvalue weighted by Crippen LogP contribution is -2.38. The number of carbonyl (C=O) groups excluding carboxylic acids is 1. The molecular weight excluding hydrogens is 475 g/mol. The van der Waals surface area contributed by atoms with Crippen molar-refractivity contribution in [3.63, 3.8) is 0 Å². The van der Waals surface area contributed by atoms with Crippen molar-refractivity contribution < 1.29 is 13.9 Å². The van der Waals surface area contributed by atoms with Gasteiger partial charge in [-0.1, -0.05) is 0 Å². The second-order valence-corrected chi connectivity index (χ2v) is 8.60. The maximum absolute atomic E-state index is 13.4. The quantitative estimate of drug-likeness (QED) is 0.396. The van der Waals surface area contributed by atoms with E-state index in [-0.39, 0.29) is 17.6 Å². The Morgan fingerprint density at radius 3 is 2.72 bits per heavy atom. The fourth-order valence-corrected chi connectivity index (χ4v) is 4.61. The van der Waals surface area contributed by atoms with Crippen LogP contribution < -0.4 is 4.74 Å². The molecule has 0 spiro atoms. The van der Waals surface area contributed by atoms with Crippen LogP contribution in [0.15, 0.2) is 65.5 Å². The number of carbonyl (C=O) groups is 1. The average Bonchev–Trinajstić information content (AvgIpc) is 3.25. The van der Waals surface area contributed by atoms with Gasteiger partial charge in [0.25, 0.3) is 5.91 Å². The molecule has 0 aliphatic carbocycles. The van der Waals surface area contributed by atoms with E-state index in [1.165, 1.54) is 23.8 Å². The average molecular weight is 495 g/mol. The maximum atomic E-state index is 13.4. The molecule has 0 atom stereocenters. The molecule has 1 aromatic carbocycles. The largest absolute Gasteiger partial charge is 0.437 e. The van der Waals surface area contributed by atoms with Crippen molar-refractivity contribution in [2.24, 2.45) is 0 Å². The van der Waals surface area contributed by atoms with Crippen molar-refractivity contribution in [2.45, 2.75) is 18.8 Å². The molecule has 5 rings (SSSR count). The van der Waals surface area contributed by atoms with Crippen LogP contribution in [0.1, 0.15) is 34.7 Å². The number of hydrogen-bond acceptors (Lipinski definition) is 4. The molecule has 0 radical (unpaired) electrons. The van der Waals surface area contributed by atoms with Gasteiger partial charge in [-0.05, 0) is 82.7 Å². The van der Waals surface area contributed by atoms with E-state index in [4.69, 9.17) is 4.74 Å². The summed E-state index contributed by atoms with van der Waals surface area (Å²) >= 11 is 3.29. The second kappa shape index (κ2) is 8.70. The maximum Gasteiger partial charge on any atom is 0.259 e. The first kappa shape index (κ1) is 20.6. The Morgan fingerprint density at radius 1 is 1.12 bits per heavy atom. The zero-order chi connectivity index (χ0) is 22.1. The zero-order valence-corrected chi connectivity index (χ0v) is 18.7. The first-order valence-electron chi connectivity index (χ1n) is 10.4. The number of aromatic amines is 1. The van der Waals surface area contributed by atoms with E-state index in [1.807, 2.05) is 17.2 Å². The zero-order valence-electron chi connectivity index (χ0n) is 17.1. The second-order valence-electron chi connectivity index (χ2n) is 7.74. The summed E-state index contributed by atoms with van der Waals surface area (Å²) in [5, 5.41) is 1.14. The van der Waals surface area contributed by atoms with Crippen molar-refractivity contribution in [2.75, 3.05) is 13.1 Å². The molecule has 1 aliphatic heterocycles. The Morgan fingerprint density at radius 2 is 1.91 bits per heavy atom. The highest BCUT2D eigenvalue weighted by Gasteiger charge is 2.28. The molecule has 6 nitrogen and oxygen atoms in total. The van der Waals surface area contributed by atoms with E-state index in [2.05, 4.69) is 36.9 Å². The molecule has 1 amide bonds. The predicted molar refractivity (Wildman–Crippen MR) is 122 cm³/mol. The fourth-order valence-electron chi connectivity index (χ4n) is 4.18. The summed E-state index contributed by atoms with van der Waals surface area (Å²) in [7, 11) is 0. The van der Waals surface area contributed by atoms with E-state index in [1.54, 1.807) is 24.5 Å². The standard InChI is InChI=1S/C24H20BrFN4O2/c25-20-13-16(26)5-6-21(20)32-23-18(4-2-10-28-23)24(31)30-11-7-15(8-12-30)19-14-29-22-17(19)3-1-9-27-22/h1-6,9-10,13-15H,7-8,11-12H2,(H,27,29). The molecule has 1 N–H and O–H groups in total. The minimum absolute atomic E-state index is 0.120. The van der Waals surface area contributed by atoms with Gasteiger partial charge in [0, 0.05) is 37.1 Å². The molecule has 0 saturated carbocycles. The minimum Gasteiger partial charge on any atom is -0.437 e. The van der Waals surface area contributed by atoms with Crippen LogP contribution in [0.5, 0.6) is 11.6 Å². The lowest BCUT2D eigenvalue weighted by molar-refractivity contribution is 0.0710. The third-order valence-electron chi connectivity index (χ3n) is 5.81. The third kappa shape index (κ3) is 3.98. The van der Waals surface area contributed by atoms with Gasteiger partial charge in [-0.3, -0.25) is 4.79 Å². The molecular formula is C24H20BrFN4O2. The Balaban J connectivity index is 1.31. The van der Waals surface area contributed by atoms with Gasteiger partial charge in [-0.25, -0.2) is 14.4 Å². The summed E-state index contributed by atoms with van der Waals surface area (Å²) in [5.74, 6) is 0.470. The summed E-state index contributed by atoms with van der Waals surface area (Å²) in [6.07, 6.45) is 7.12. The molecule has 8 heteroatoms. The Kier molecular flexibility index (Phi) is 5.61. The van der Waals surface area contributed by atoms with Gasteiger partial charge in [0.2, 0.25) is 5.88 Å². The number of hydrogen-bond donors (Lipinski definition) is 1. The molecule has 32 heavy (non-hydrogen) atoms. The topological polar surface area (TPSA) is 71.1 Å². The number of aromatic nitrogens is 3. The van der Waals surface area contributed by atoms with Crippen LogP contribution in [-0.4, -0.2) is 38.8 Å². The minimum atomic E-state index is -0.379. The Bertz CT molecular complexity index is 1280. The van der Waals surface area contributed by atoms with Crippen LogP contribution in [0.4, 0.5) is 4.39 Å². The number of fused-ring (bicyclic) bond motifs is 1. The van der Waals surface area contributed by atoms with Crippen molar-refractivity contribution in [1.82, 2.24) is 19.9 Å². The fraction of sp³-hybridized carbons (Fsp3) is 0.208. The number of halogens is 2. The molecule has 0 bridgehead atoms. The van der Waals surface area contributed by atoms with Crippen LogP contribution in [-0.2, 0) is 0 Å². The molecule has 1 fully saturated rings. The van der Waals surface area contributed by atoms with Crippen LogP contribution in [0, 0.1) is 5.82 Å². The predicted octanol–water partition coefficient (Wildman–Crippen LogP) is 5.67. The number of H-pyrrole nitrogens is 1. The number of pyridine rings is 2. The highest BCUT2D eigenvalue weighted by Crippen LogP contribution is 2.34. The van der Waals surface area contributed by atoms with E-state index < -0.39 is 0 Å². The van der Waals surface area contributed by atoms with Crippen LogP contribution in [0.2, 0.25) is 0 Å². The summed E-state index contributed by atoms with van der Waals surface area (Å²) < 4.78 is 19.7. The molecule has 4 heterocycles. The van der Waals surface area contributed by atoms with Crippen molar-refractivity contribution in [3.05, 3.63) is 82.5 Å². The van der Waals surface area contributed by atoms with Gasteiger partial charge in [0.1, 0.15) is 22.8 Å². The van der Waals surface area contributed by atoms with Gasteiger partial charge in [-0.15, -0.1) is 0 Å². The Hall–Kier alpha value is -3.26. The van der Waals surface area contributed by atoms with Gasteiger partial charge in [0.05, 0.1) is 4.47 Å². The number of piperidine rings is 1. The van der Waals surface area contributed by atoms with Crippen LogP contribution in [0.3, 0.4) is 0 Å². The molecule has 4 aromatic rings. The lowest BCUT2D eigenvalue weighted by Gasteiger charge is -2.32. The molecule has 1 aliphatic rings. The van der Waals surface area contributed by atoms with E-state index in [9.17, 15) is 9.18 Å². The molecule has 162 valence electrons. The number of nitrogens with zero attached hydrogens (tertiary/aromatic N) is 3. The first-order valence-corrected chi connectivity index (χ1v) is 11.2. The lowest BCUT2D eigenvalue weighted by atomic mass is 9.89. The number of amides is 1. The van der Waals surface area contributed by atoms with Crippen LogP contribution >= 0.6 is 15.9 Å². The third-order valence-corrected chi connectivity index (χ3v) is 6.43. The van der Waals surface area contributed by atoms with Gasteiger partial charge < -0.3 is 14.6 Å². The number of ether oxygens (including phenoxy) is 1. The number of rotatable bonds is 4. The van der Waals surface area contributed by atoms with E-state index >= 15 is 0 Å². The smallest absolute Gasteiger partial charge is 0.259 e. The molecule has 3 aromatic heterocycles. The van der Waals surface area contributed by atoms with E-state index in [0.29, 0.717) is 34.8 Å². The van der Waals surface area contributed by atoms with Gasteiger partial charge in [-0.2, -0.15) is 0 Å². The van der Waals surface area contributed by atoms with E-state index in [0.717, 1.165) is 23.9 Å². The van der Waals surface area contributed by atoms with Crippen molar-refractivity contribution >= 4 is 32.9 Å².